The van der Waals surface area contributed by atoms with Gasteiger partial charge in [0.1, 0.15) is 9.88 Å². The molecule has 0 radical (unpaired) electrons. The number of esters is 1. The summed E-state index contributed by atoms with van der Waals surface area (Å²) in [4.78, 5) is 21.1. The highest BCUT2D eigenvalue weighted by Gasteiger charge is 2.17. The van der Waals surface area contributed by atoms with Gasteiger partial charge in [0.2, 0.25) is 0 Å². The number of carbonyl (C=O) groups excluding carboxylic acids is 1. The van der Waals surface area contributed by atoms with Crippen molar-refractivity contribution >= 4 is 28.2 Å². The highest BCUT2D eigenvalue weighted by atomic mass is 32.1. The molecule has 2 aromatic heterocycles. The van der Waals surface area contributed by atoms with E-state index in [1.54, 1.807) is 6.20 Å². The van der Waals surface area contributed by atoms with Crippen molar-refractivity contribution in [3.05, 3.63) is 47.1 Å². The summed E-state index contributed by atoms with van der Waals surface area (Å²) >= 11 is 1.33. The topological polar surface area (TPSA) is 52.1 Å². The molecule has 0 N–H and O–H groups in total. The lowest BCUT2D eigenvalue weighted by molar-refractivity contribution is 0.0605. The van der Waals surface area contributed by atoms with Gasteiger partial charge in [0.05, 0.1) is 18.3 Å². The lowest BCUT2D eigenvalue weighted by Gasteiger charge is -2.01. The fraction of sp³-hybridized carbons (Fsp3) is 0.133. The lowest BCUT2D eigenvalue weighted by atomic mass is 10.1. The van der Waals surface area contributed by atoms with Crippen molar-refractivity contribution in [2.45, 2.75) is 6.92 Å². The van der Waals surface area contributed by atoms with Crippen molar-refractivity contribution in [1.82, 2.24) is 9.97 Å². The van der Waals surface area contributed by atoms with Crippen LogP contribution in [0.25, 0.3) is 21.5 Å². The molecule has 2 heterocycles. The number of nitrogens with zero attached hydrogens (tertiary/aromatic N) is 2. The first kappa shape index (κ1) is 12.7. The molecule has 0 aliphatic rings. The normalized spacial score (nSPS) is 10.7. The number of aryl methyl sites for hydroxylation is 1. The van der Waals surface area contributed by atoms with Crippen molar-refractivity contribution in [1.29, 1.82) is 0 Å². The minimum absolute atomic E-state index is 0.348. The molecule has 0 fully saturated rings. The maximum absolute atomic E-state index is 11.7. The van der Waals surface area contributed by atoms with Gasteiger partial charge in [-0.1, -0.05) is 18.2 Å². The van der Waals surface area contributed by atoms with Gasteiger partial charge in [-0.05, 0) is 19.1 Å². The molecule has 100 valence electrons. The van der Waals surface area contributed by atoms with Gasteiger partial charge in [-0.25, -0.2) is 9.78 Å². The highest BCUT2D eigenvalue weighted by Crippen LogP contribution is 2.32. The lowest BCUT2D eigenvalue weighted by Crippen LogP contribution is -1.99. The Balaban J connectivity index is 2.19. The maximum Gasteiger partial charge on any atom is 0.349 e. The number of methoxy groups -OCH3 is 1. The molecule has 0 spiro atoms. The molecule has 4 nitrogen and oxygen atoms in total. The zero-order valence-corrected chi connectivity index (χ0v) is 11.9. The monoisotopic (exact) mass is 284 g/mol. The van der Waals surface area contributed by atoms with Gasteiger partial charge in [0.15, 0.2) is 0 Å². The van der Waals surface area contributed by atoms with Crippen molar-refractivity contribution < 1.29 is 9.53 Å². The van der Waals surface area contributed by atoms with Crippen LogP contribution >= 0.6 is 11.3 Å². The molecule has 0 unspecified atom stereocenters. The Labute approximate surface area is 120 Å². The summed E-state index contributed by atoms with van der Waals surface area (Å²) in [6.07, 6.45) is 1.76. The van der Waals surface area contributed by atoms with Crippen LogP contribution in [-0.2, 0) is 4.74 Å². The van der Waals surface area contributed by atoms with E-state index >= 15 is 0 Å². The average molecular weight is 284 g/mol. The number of aromatic nitrogens is 2. The highest BCUT2D eigenvalue weighted by molar-refractivity contribution is 7.17. The number of pyridine rings is 1. The van der Waals surface area contributed by atoms with E-state index in [2.05, 4.69) is 9.97 Å². The number of carbonyl (C=O) groups is 1. The summed E-state index contributed by atoms with van der Waals surface area (Å²) < 4.78 is 4.77. The van der Waals surface area contributed by atoms with E-state index in [4.69, 9.17) is 4.74 Å². The first-order valence-corrected chi connectivity index (χ1v) is 6.92. The molecular weight excluding hydrogens is 272 g/mol. The number of para-hydroxylation sites is 1. The van der Waals surface area contributed by atoms with Gasteiger partial charge in [0.25, 0.3) is 0 Å². The fourth-order valence-corrected chi connectivity index (χ4v) is 3.08. The Morgan fingerprint density at radius 2 is 2.05 bits per heavy atom. The number of benzene rings is 1. The third kappa shape index (κ3) is 2.06. The number of hydrogen-bond donors (Lipinski definition) is 0. The van der Waals surface area contributed by atoms with Gasteiger partial charge in [-0.3, -0.25) is 4.98 Å². The Morgan fingerprint density at radius 1 is 1.25 bits per heavy atom. The van der Waals surface area contributed by atoms with E-state index in [1.807, 2.05) is 37.3 Å². The fourth-order valence-electron chi connectivity index (χ4n) is 2.07. The second kappa shape index (κ2) is 5.02. The van der Waals surface area contributed by atoms with E-state index < -0.39 is 0 Å². The summed E-state index contributed by atoms with van der Waals surface area (Å²) in [6, 6.07) is 9.85. The predicted molar refractivity (Wildman–Crippen MR) is 78.9 cm³/mol. The molecule has 3 rings (SSSR count). The van der Waals surface area contributed by atoms with E-state index in [-0.39, 0.29) is 5.97 Å². The molecule has 0 saturated heterocycles. The molecule has 20 heavy (non-hydrogen) atoms. The van der Waals surface area contributed by atoms with Crippen molar-refractivity contribution in [3.8, 4) is 10.6 Å². The van der Waals surface area contributed by atoms with Crippen LogP contribution in [0.2, 0.25) is 0 Å². The Morgan fingerprint density at radius 3 is 2.85 bits per heavy atom. The Hall–Kier alpha value is -2.27. The van der Waals surface area contributed by atoms with Crippen LogP contribution in [0.5, 0.6) is 0 Å². The number of ether oxygens (including phenoxy) is 1. The molecule has 1 aromatic carbocycles. The number of rotatable bonds is 2. The largest absolute Gasteiger partial charge is 0.465 e. The van der Waals surface area contributed by atoms with E-state index in [0.29, 0.717) is 10.6 Å². The first-order valence-electron chi connectivity index (χ1n) is 6.10. The molecule has 0 aliphatic carbocycles. The number of thiazole rings is 1. The predicted octanol–water partition coefficient (Wildman–Crippen LogP) is 3.45. The third-order valence-electron chi connectivity index (χ3n) is 3.03. The SMILES string of the molecule is COC(=O)c1sc(-c2cccc3cccnc23)nc1C. The van der Waals surface area contributed by atoms with Crippen molar-refractivity contribution in [2.24, 2.45) is 0 Å². The zero-order valence-electron chi connectivity index (χ0n) is 11.1. The van der Waals surface area contributed by atoms with Gasteiger partial charge in [-0.15, -0.1) is 11.3 Å². The van der Waals surface area contributed by atoms with Crippen LogP contribution in [-0.4, -0.2) is 23.0 Å². The second-order valence-corrected chi connectivity index (χ2v) is 5.30. The minimum atomic E-state index is -0.348. The third-order valence-corrected chi connectivity index (χ3v) is 4.20. The smallest absolute Gasteiger partial charge is 0.349 e. The molecule has 3 aromatic rings. The number of fused-ring (bicyclic) bond motifs is 1. The van der Waals surface area contributed by atoms with Gasteiger partial charge >= 0.3 is 5.97 Å². The number of hydrogen-bond acceptors (Lipinski definition) is 5. The molecule has 5 heteroatoms. The van der Waals surface area contributed by atoms with Gasteiger partial charge in [-0.2, -0.15) is 0 Å². The Kier molecular flexibility index (Phi) is 3.20. The molecular formula is C15H12N2O2S. The van der Waals surface area contributed by atoms with Crippen molar-refractivity contribution in [3.63, 3.8) is 0 Å². The summed E-state index contributed by atoms with van der Waals surface area (Å²) in [6.45, 7) is 1.81. The van der Waals surface area contributed by atoms with E-state index in [9.17, 15) is 4.79 Å². The summed E-state index contributed by atoms with van der Waals surface area (Å²) in [7, 11) is 1.38. The molecule has 0 bridgehead atoms. The summed E-state index contributed by atoms with van der Waals surface area (Å²) in [5.74, 6) is -0.348. The van der Waals surface area contributed by atoms with Crippen LogP contribution in [0.4, 0.5) is 0 Å². The Bertz CT molecular complexity index is 790. The molecule has 0 aliphatic heterocycles. The maximum atomic E-state index is 11.7. The standard InChI is InChI=1S/C15H12N2O2S/c1-9-13(15(18)19-2)20-14(17-9)11-7-3-5-10-6-4-8-16-12(10)11/h3-8H,1-2H3. The molecule has 0 amide bonds. The van der Waals surface area contributed by atoms with E-state index in [1.165, 1.54) is 18.4 Å². The summed E-state index contributed by atoms with van der Waals surface area (Å²) in [5.41, 5.74) is 2.51. The van der Waals surface area contributed by atoms with Gasteiger partial charge in [0, 0.05) is 17.1 Å². The molecule has 0 atom stereocenters. The van der Waals surface area contributed by atoms with Gasteiger partial charge < -0.3 is 4.74 Å². The average Bonchev–Trinajstić information content (AvgIpc) is 2.87. The van der Waals surface area contributed by atoms with Crippen LogP contribution in [0.1, 0.15) is 15.4 Å². The van der Waals surface area contributed by atoms with Crippen LogP contribution in [0, 0.1) is 6.92 Å². The van der Waals surface area contributed by atoms with E-state index in [0.717, 1.165) is 21.5 Å². The van der Waals surface area contributed by atoms with Crippen LogP contribution < -0.4 is 0 Å². The van der Waals surface area contributed by atoms with Crippen molar-refractivity contribution in [2.75, 3.05) is 7.11 Å². The quantitative estimate of drug-likeness (QED) is 0.676. The van der Waals surface area contributed by atoms with Crippen LogP contribution in [0.3, 0.4) is 0 Å². The molecule has 0 saturated carbocycles. The first-order chi connectivity index (χ1) is 9.70. The summed E-state index contributed by atoms with van der Waals surface area (Å²) in [5, 5.41) is 1.84. The van der Waals surface area contributed by atoms with Crippen LogP contribution in [0.15, 0.2) is 36.5 Å². The minimum Gasteiger partial charge on any atom is -0.465 e. The zero-order chi connectivity index (χ0) is 14.1. The second-order valence-electron chi connectivity index (χ2n) is 4.31.